The van der Waals surface area contributed by atoms with E-state index in [-0.39, 0.29) is 11.7 Å². The van der Waals surface area contributed by atoms with Gasteiger partial charge in [0, 0.05) is 0 Å². The van der Waals surface area contributed by atoms with Crippen molar-refractivity contribution in [3.05, 3.63) is 63.8 Å². The fourth-order valence-corrected chi connectivity index (χ4v) is 1.90. The fourth-order valence-electron chi connectivity index (χ4n) is 1.90. The monoisotopic (exact) mass is 282 g/mol. The molecule has 2 aromatic carbocycles. The van der Waals surface area contributed by atoms with Crippen LogP contribution in [0.1, 0.15) is 30.9 Å². The molecular formula is C17H18N2O2. The van der Waals surface area contributed by atoms with Crippen LogP contribution in [-0.2, 0) is 0 Å². The molecule has 2 aromatic rings. The topological polar surface area (TPSA) is 62.0 Å². The Morgan fingerprint density at radius 2 is 1.67 bits per heavy atom. The van der Waals surface area contributed by atoms with Gasteiger partial charge in [0.1, 0.15) is 0 Å². The lowest BCUT2D eigenvalue weighted by molar-refractivity contribution is 0.471. The Balaban J connectivity index is 2.46. The molecule has 2 rings (SSSR count). The van der Waals surface area contributed by atoms with E-state index in [2.05, 4.69) is 10.2 Å². The highest BCUT2D eigenvalue weighted by atomic mass is 16.3. The zero-order valence-electron chi connectivity index (χ0n) is 12.4. The van der Waals surface area contributed by atoms with Gasteiger partial charge < -0.3 is 5.11 Å². The first-order valence-corrected chi connectivity index (χ1v) is 6.83. The largest absolute Gasteiger partial charge is 0.504 e. The van der Waals surface area contributed by atoms with Gasteiger partial charge in [-0.15, -0.1) is 0 Å². The van der Waals surface area contributed by atoms with Gasteiger partial charge in [0.15, 0.2) is 5.75 Å². The molecule has 0 unspecified atom stereocenters. The fraction of sp³-hybridized carbons (Fsp3) is 0.235. The Hall–Kier alpha value is -2.49. The molecular weight excluding hydrogens is 264 g/mol. The van der Waals surface area contributed by atoms with Crippen LogP contribution >= 0.6 is 0 Å². The summed E-state index contributed by atoms with van der Waals surface area (Å²) in [5.74, 6) is -0.176. The Morgan fingerprint density at radius 3 is 2.29 bits per heavy atom. The summed E-state index contributed by atoms with van der Waals surface area (Å²) in [6.45, 7) is 5.95. The molecule has 1 N–H and O–H groups in total. The van der Waals surface area contributed by atoms with Gasteiger partial charge in [0.25, 0.3) is 0 Å². The third-order valence-corrected chi connectivity index (χ3v) is 3.16. The van der Waals surface area contributed by atoms with Crippen LogP contribution in [0.3, 0.4) is 0 Å². The lowest BCUT2D eigenvalue weighted by atomic mass is 10.0. The molecule has 0 aromatic heterocycles. The van der Waals surface area contributed by atoms with E-state index in [4.69, 9.17) is 0 Å². The van der Waals surface area contributed by atoms with Crippen LogP contribution in [-0.4, -0.2) is 5.11 Å². The van der Waals surface area contributed by atoms with Crippen molar-refractivity contribution in [1.29, 1.82) is 0 Å². The van der Waals surface area contributed by atoms with Gasteiger partial charge in [0.2, 0.25) is 5.43 Å². The van der Waals surface area contributed by atoms with Crippen LogP contribution in [0.5, 0.6) is 5.75 Å². The lowest BCUT2D eigenvalue weighted by Gasteiger charge is -2.04. The molecule has 0 amide bonds. The van der Waals surface area contributed by atoms with Crippen LogP contribution < -0.4 is 5.43 Å². The highest BCUT2D eigenvalue weighted by Gasteiger charge is 2.07. The van der Waals surface area contributed by atoms with Gasteiger partial charge in [-0.25, -0.2) is 0 Å². The minimum absolute atomic E-state index is 0.108. The average Bonchev–Trinajstić information content (AvgIpc) is 2.59. The maximum Gasteiger partial charge on any atom is 0.220 e. The predicted octanol–water partition coefficient (Wildman–Crippen LogP) is 4.60. The molecule has 0 aliphatic heterocycles. The smallest absolute Gasteiger partial charge is 0.220 e. The lowest BCUT2D eigenvalue weighted by Crippen LogP contribution is -1.96. The number of nitrogens with zero attached hydrogens (tertiary/aromatic N) is 2. The number of hydrogen-bond donors (Lipinski definition) is 1. The molecule has 0 radical (unpaired) electrons. The quantitative estimate of drug-likeness (QED) is 0.836. The maximum absolute atomic E-state index is 11.7. The first kappa shape index (κ1) is 14.9. The Kier molecular flexibility index (Phi) is 4.48. The van der Waals surface area contributed by atoms with E-state index in [1.165, 1.54) is 12.1 Å². The standard InChI is InChI=1S/C17H18N2O2/c1-11(2)14-10-17(21)16(20)9-8-15(14)19-18-13-6-4-12(3)5-7-13/h4-11H,1-3H3,(H,20,21). The normalized spacial score (nSPS) is 11.2. The molecule has 21 heavy (non-hydrogen) atoms. The summed E-state index contributed by atoms with van der Waals surface area (Å²) in [6.07, 6.45) is 0. The average molecular weight is 282 g/mol. The van der Waals surface area contributed by atoms with Gasteiger partial charge in [-0.3, -0.25) is 4.79 Å². The summed E-state index contributed by atoms with van der Waals surface area (Å²) in [6, 6.07) is 12.1. The zero-order valence-corrected chi connectivity index (χ0v) is 12.4. The Bertz CT molecular complexity index is 720. The number of hydrogen-bond acceptors (Lipinski definition) is 4. The predicted molar refractivity (Wildman–Crippen MR) is 83.8 cm³/mol. The summed E-state index contributed by atoms with van der Waals surface area (Å²) in [5.41, 5.74) is 2.84. The molecule has 0 aliphatic rings. The molecule has 4 heteroatoms. The van der Waals surface area contributed by atoms with Crippen molar-refractivity contribution in [2.75, 3.05) is 0 Å². The second kappa shape index (κ2) is 6.31. The molecule has 0 saturated carbocycles. The Morgan fingerprint density at radius 1 is 1.00 bits per heavy atom. The number of azo groups is 1. The van der Waals surface area contributed by atoms with E-state index in [0.29, 0.717) is 5.69 Å². The van der Waals surface area contributed by atoms with E-state index >= 15 is 0 Å². The summed E-state index contributed by atoms with van der Waals surface area (Å²) in [5, 5.41) is 18.0. The van der Waals surface area contributed by atoms with E-state index in [9.17, 15) is 9.90 Å². The minimum atomic E-state index is -0.407. The highest BCUT2D eigenvalue weighted by Crippen LogP contribution is 2.27. The third-order valence-electron chi connectivity index (χ3n) is 3.16. The summed E-state index contributed by atoms with van der Waals surface area (Å²) < 4.78 is 0. The number of benzene rings is 1. The number of aromatic hydroxyl groups is 1. The number of aryl methyl sites for hydroxylation is 1. The van der Waals surface area contributed by atoms with Crippen LogP contribution in [0.25, 0.3) is 0 Å². The number of rotatable bonds is 3. The second-order valence-electron chi connectivity index (χ2n) is 5.26. The Labute approximate surface area is 123 Å². The molecule has 0 heterocycles. The molecule has 108 valence electrons. The first-order valence-electron chi connectivity index (χ1n) is 6.83. The third kappa shape index (κ3) is 3.75. The second-order valence-corrected chi connectivity index (χ2v) is 5.26. The zero-order chi connectivity index (χ0) is 15.4. The first-order chi connectivity index (χ1) is 9.97. The van der Waals surface area contributed by atoms with Crippen molar-refractivity contribution in [3.63, 3.8) is 0 Å². The van der Waals surface area contributed by atoms with Crippen molar-refractivity contribution < 1.29 is 5.11 Å². The van der Waals surface area contributed by atoms with Crippen molar-refractivity contribution >= 4 is 11.4 Å². The van der Waals surface area contributed by atoms with Crippen LogP contribution in [0.4, 0.5) is 11.4 Å². The molecule has 0 aliphatic carbocycles. The van der Waals surface area contributed by atoms with E-state index < -0.39 is 5.43 Å². The van der Waals surface area contributed by atoms with Gasteiger partial charge >= 0.3 is 0 Å². The van der Waals surface area contributed by atoms with Crippen LogP contribution in [0.2, 0.25) is 0 Å². The molecule has 4 nitrogen and oxygen atoms in total. The van der Waals surface area contributed by atoms with E-state index in [1.807, 2.05) is 45.0 Å². The molecule has 0 bridgehead atoms. The van der Waals surface area contributed by atoms with Crippen molar-refractivity contribution in [2.45, 2.75) is 26.7 Å². The molecule has 0 spiro atoms. The van der Waals surface area contributed by atoms with Gasteiger partial charge in [0.05, 0.1) is 11.4 Å². The SMILES string of the molecule is Cc1ccc(N=Nc2ccc(O)c(=O)cc2C(C)C)cc1. The molecule has 0 atom stereocenters. The maximum atomic E-state index is 11.7. The molecule has 0 saturated heterocycles. The van der Waals surface area contributed by atoms with Crippen LogP contribution in [0.15, 0.2) is 57.5 Å². The van der Waals surface area contributed by atoms with E-state index in [0.717, 1.165) is 16.8 Å². The van der Waals surface area contributed by atoms with Crippen molar-refractivity contribution in [2.24, 2.45) is 10.2 Å². The summed E-state index contributed by atoms with van der Waals surface area (Å²) in [4.78, 5) is 11.7. The van der Waals surface area contributed by atoms with E-state index in [1.54, 1.807) is 6.07 Å². The molecule has 0 fully saturated rings. The van der Waals surface area contributed by atoms with Gasteiger partial charge in [-0.1, -0.05) is 31.5 Å². The summed E-state index contributed by atoms with van der Waals surface area (Å²) in [7, 11) is 0. The van der Waals surface area contributed by atoms with Gasteiger partial charge in [-0.05, 0) is 48.7 Å². The minimum Gasteiger partial charge on any atom is -0.504 e. The summed E-state index contributed by atoms with van der Waals surface area (Å²) >= 11 is 0. The van der Waals surface area contributed by atoms with Gasteiger partial charge in [-0.2, -0.15) is 10.2 Å². The van der Waals surface area contributed by atoms with Crippen molar-refractivity contribution in [1.82, 2.24) is 0 Å². The van der Waals surface area contributed by atoms with Crippen molar-refractivity contribution in [3.8, 4) is 5.75 Å². The highest BCUT2D eigenvalue weighted by molar-refractivity contribution is 5.49. The van der Waals surface area contributed by atoms with Crippen LogP contribution in [0, 0.1) is 6.92 Å².